The van der Waals surface area contributed by atoms with E-state index < -0.39 is 11.9 Å². The molecule has 0 atom stereocenters. The number of esters is 1. The number of fused-ring (bicyclic) bond motifs is 1. The minimum absolute atomic E-state index is 0.119. The summed E-state index contributed by atoms with van der Waals surface area (Å²) in [5.41, 5.74) is 1.52. The second-order valence-electron chi connectivity index (χ2n) is 6.06. The number of amides is 1. The van der Waals surface area contributed by atoms with Crippen LogP contribution in [0.2, 0.25) is 0 Å². The van der Waals surface area contributed by atoms with Gasteiger partial charge in [0, 0.05) is 9.35 Å². The Morgan fingerprint density at radius 2 is 2.03 bits per heavy atom. The lowest BCUT2D eigenvalue weighted by molar-refractivity contribution is -0.112. The number of hydrogen-bond acceptors (Lipinski definition) is 7. The van der Waals surface area contributed by atoms with Crippen LogP contribution in [0.5, 0.6) is 11.5 Å². The van der Waals surface area contributed by atoms with Crippen molar-refractivity contribution < 1.29 is 23.8 Å². The number of ether oxygens (including phenoxy) is 3. The van der Waals surface area contributed by atoms with Crippen LogP contribution in [-0.2, 0) is 9.53 Å². The summed E-state index contributed by atoms with van der Waals surface area (Å²) >= 11 is 4.67. The van der Waals surface area contributed by atoms with E-state index in [1.807, 2.05) is 13.0 Å². The summed E-state index contributed by atoms with van der Waals surface area (Å²) in [6.07, 6.45) is 1.44. The van der Waals surface area contributed by atoms with E-state index >= 15 is 0 Å². The van der Waals surface area contributed by atoms with Gasteiger partial charge in [-0.1, -0.05) is 15.9 Å². The molecule has 1 N–H and O–H groups in total. The molecule has 0 radical (unpaired) electrons. The molecular weight excluding hydrogens is 460 g/mol. The van der Waals surface area contributed by atoms with Gasteiger partial charge >= 0.3 is 5.97 Å². The van der Waals surface area contributed by atoms with E-state index in [1.54, 1.807) is 26.0 Å². The van der Waals surface area contributed by atoms with E-state index in [1.165, 1.54) is 17.4 Å². The van der Waals surface area contributed by atoms with Crippen LogP contribution in [0.4, 0.5) is 5.00 Å². The molecule has 150 valence electrons. The third-order valence-electron chi connectivity index (χ3n) is 4.25. The van der Waals surface area contributed by atoms with Crippen LogP contribution >= 0.6 is 27.3 Å². The average molecular weight is 477 g/mol. The van der Waals surface area contributed by atoms with E-state index in [2.05, 4.69) is 21.2 Å². The maximum Gasteiger partial charge on any atom is 0.341 e. The number of nitrogens with one attached hydrogen (secondary N) is 1. The van der Waals surface area contributed by atoms with Crippen LogP contribution in [0.3, 0.4) is 0 Å². The summed E-state index contributed by atoms with van der Waals surface area (Å²) in [6, 6.07) is 5.30. The molecule has 1 aromatic carbocycles. The Morgan fingerprint density at radius 3 is 2.69 bits per heavy atom. The molecule has 7 nitrogen and oxygen atoms in total. The van der Waals surface area contributed by atoms with Gasteiger partial charge in [-0.3, -0.25) is 4.79 Å². The van der Waals surface area contributed by atoms with E-state index in [4.69, 9.17) is 14.2 Å². The SMILES string of the molecule is CCOC(=O)c1c(NC(=O)/C(C#N)=C/c2cc3c(cc2Br)OCO3)sc(C)c1C. The minimum atomic E-state index is -0.621. The van der Waals surface area contributed by atoms with Crippen LogP contribution in [0.15, 0.2) is 22.2 Å². The first-order valence-corrected chi connectivity index (χ1v) is 10.3. The molecular formula is C20H17BrN2O5S. The molecule has 1 amide bonds. The van der Waals surface area contributed by atoms with Crippen LogP contribution in [0.25, 0.3) is 6.08 Å². The zero-order valence-electron chi connectivity index (χ0n) is 15.9. The molecule has 0 unspecified atom stereocenters. The van der Waals surface area contributed by atoms with Crippen molar-refractivity contribution in [3.8, 4) is 17.6 Å². The molecule has 9 heteroatoms. The summed E-state index contributed by atoms with van der Waals surface area (Å²) in [4.78, 5) is 25.9. The Kier molecular flexibility index (Phi) is 6.25. The number of thiophene rings is 1. The van der Waals surface area contributed by atoms with Gasteiger partial charge in [-0.05, 0) is 50.1 Å². The first-order chi connectivity index (χ1) is 13.8. The lowest BCUT2D eigenvalue weighted by Gasteiger charge is -2.07. The van der Waals surface area contributed by atoms with Crippen molar-refractivity contribution in [2.45, 2.75) is 20.8 Å². The van der Waals surface area contributed by atoms with Crippen molar-refractivity contribution in [1.29, 1.82) is 5.26 Å². The first-order valence-electron chi connectivity index (χ1n) is 8.65. The molecule has 2 aromatic rings. The largest absolute Gasteiger partial charge is 0.462 e. The molecule has 1 aromatic heterocycles. The number of aryl methyl sites for hydroxylation is 1. The highest BCUT2D eigenvalue weighted by atomic mass is 79.9. The van der Waals surface area contributed by atoms with Gasteiger partial charge in [0.05, 0.1) is 12.2 Å². The molecule has 0 bridgehead atoms. The second kappa shape index (κ2) is 8.68. The molecule has 0 saturated carbocycles. The summed E-state index contributed by atoms with van der Waals surface area (Å²) in [6.45, 7) is 5.70. The van der Waals surface area contributed by atoms with Crippen molar-refractivity contribution in [3.05, 3.63) is 43.7 Å². The molecule has 2 heterocycles. The number of benzene rings is 1. The van der Waals surface area contributed by atoms with E-state index in [-0.39, 0.29) is 19.0 Å². The molecule has 3 rings (SSSR count). The fourth-order valence-electron chi connectivity index (χ4n) is 2.68. The highest BCUT2D eigenvalue weighted by Gasteiger charge is 2.23. The number of carbonyl (C=O) groups is 2. The number of carbonyl (C=O) groups excluding carboxylic acids is 2. The Morgan fingerprint density at radius 1 is 1.34 bits per heavy atom. The predicted octanol–water partition coefficient (Wildman–Crippen LogP) is 4.58. The Labute approximate surface area is 180 Å². The Balaban J connectivity index is 1.91. The summed E-state index contributed by atoms with van der Waals surface area (Å²) in [5.74, 6) is -0.0126. The van der Waals surface area contributed by atoms with Crippen molar-refractivity contribution in [1.82, 2.24) is 0 Å². The van der Waals surface area contributed by atoms with Gasteiger partial charge in [0.2, 0.25) is 6.79 Å². The Bertz CT molecular complexity index is 1070. The fraction of sp³-hybridized carbons (Fsp3) is 0.250. The van der Waals surface area contributed by atoms with Crippen LogP contribution < -0.4 is 14.8 Å². The van der Waals surface area contributed by atoms with Gasteiger partial charge in [0.25, 0.3) is 5.91 Å². The second-order valence-corrected chi connectivity index (χ2v) is 8.14. The van der Waals surface area contributed by atoms with Crippen molar-refractivity contribution in [2.75, 3.05) is 18.7 Å². The lowest BCUT2D eigenvalue weighted by Crippen LogP contribution is -2.16. The highest BCUT2D eigenvalue weighted by molar-refractivity contribution is 9.10. The minimum Gasteiger partial charge on any atom is -0.462 e. The summed E-state index contributed by atoms with van der Waals surface area (Å²) < 4.78 is 16.4. The van der Waals surface area contributed by atoms with Gasteiger partial charge < -0.3 is 19.5 Å². The van der Waals surface area contributed by atoms with Gasteiger partial charge in [-0.2, -0.15) is 5.26 Å². The molecule has 1 aliphatic rings. The van der Waals surface area contributed by atoms with Crippen LogP contribution in [-0.4, -0.2) is 25.3 Å². The zero-order valence-corrected chi connectivity index (χ0v) is 18.3. The third-order valence-corrected chi connectivity index (χ3v) is 6.06. The number of halogens is 1. The van der Waals surface area contributed by atoms with Crippen molar-refractivity contribution in [2.24, 2.45) is 0 Å². The normalized spacial score (nSPS) is 12.4. The summed E-state index contributed by atoms with van der Waals surface area (Å²) in [5, 5.41) is 12.5. The maximum atomic E-state index is 12.7. The van der Waals surface area contributed by atoms with E-state index in [0.717, 1.165) is 10.4 Å². The summed E-state index contributed by atoms with van der Waals surface area (Å²) in [7, 11) is 0. The van der Waals surface area contributed by atoms with E-state index in [0.29, 0.717) is 32.1 Å². The molecule has 0 aliphatic carbocycles. The highest BCUT2D eigenvalue weighted by Crippen LogP contribution is 2.38. The molecule has 29 heavy (non-hydrogen) atoms. The Hall–Kier alpha value is -2.83. The number of nitrogens with zero attached hydrogens (tertiary/aromatic N) is 1. The van der Waals surface area contributed by atoms with E-state index in [9.17, 15) is 14.9 Å². The third kappa shape index (κ3) is 4.28. The maximum absolute atomic E-state index is 12.7. The van der Waals surface area contributed by atoms with Crippen molar-refractivity contribution >= 4 is 50.2 Å². The number of nitriles is 1. The average Bonchev–Trinajstić information content (AvgIpc) is 3.23. The van der Waals surface area contributed by atoms with Crippen molar-refractivity contribution in [3.63, 3.8) is 0 Å². The monoisotopic (exact) mass is 476 g/mol. The van der Waals surface area contributed by atoms with Gasteiger partial charge in [0.15, 0.2) is 11.5 Å². The van der Waals surface area contributed by atoms with Gasteiger partial charge in [0.1, 0.15) is 16.6 Å². The predicted molar refractivity (Wildman–Crippen MR) is 112 cm³/mol. The zero-order chi connectivity index (χ0) is 21.1. The number of rotatable bonds is 5. The quantitative estimate of drug-likeness (QED) is 0.385. The fourth-order valence-corrected chi connectivity index (χ4v) is 4.16. The molecule has 0 spiro atoms. The number of hydrogen-bond donors (Lipinski definition) is 1. The standard InChI is InChI=1S/C20H17BrN2O5S/c1-4-26-20(25)17-10(2)11(3)29-19(17)23-18(24)13(8-22)5-12-6-15-16(7-14(12)21)28-9-27-15/h5-7H,4,9H2,1-3H3,(H,23,24)/b13-5+. The molecule has 1 aliphatic heterocycles. The van der Waals surface area contributed by atoms with Gasteiger partial charge in [-0.15, -0.1) is 11.3 Å². The van der Waals surface area contributed by atoms with Crippen LogP contribution in [0.1, 0.15) is 33.3 Å². The lowest BCUT2D eigenvalue weighted by atomic mass is 10.1. The van der Waals surface area contributed by atoms with Gasteiger partial charge in [-0.25, -0.2) is 4.79 Å². The topological polar surface area (TPSA) is 97.7 Å². The molecule has 0 saturated heterocycles. The smallest absolute Gasteiger partial charge is 0.341 e. The van der Waals surface area contributed by atoms with Crippen LogP contribution in [0, 0.1) is 25.2 Å². The number of anilines is 1. The molecule has 0 fully saturated rings. The first kappa shape index (κ1) is 20.9.